The molecule has 2 unspecified atom stereocenters. The van der Waals surface area contributed by atoms with E-state index < -0.39 is 38.8 Å². The largest absolute Gasteiger partial charge is 0.480 e. The Morgan fingerprint density at radius 2 is 1.83 bits per heavy atom. The fourth-order valence-electron chi connectivity index (χ4n) is 2.03. The molecule has 0 fully saturated rings. The van der Waals surface area contributed by atoms with Crippen LogP contribution < -0.4 is 5.32 Å². The number of amides is 1. The van der Waals surface area contributed by atoms with Crippen LogP contribution in [-0.4, -0.2) is 36.7 Å². The number of carbonyl (C=O) groups is 2. The molecule has 0 aliphatic heterocycles. The Morgan fingerprint density at radius 1 is 1.26 bits per heavy atom. The number of hydrogen-bond acceptors (Lipinski definition) is 4. The van der Waals surface area contributed by atoms with Crippen molar-refractivity contribution in [3.05, 3.63) is 30.1 Å². The Bertz CT molecular complexity index is 657. The SMILES string of the molecule is CCCC(NC(=O)CC(C)S(=O)(=O)c1ccc(F)cc1)C(=O)O. The van der Waals surface area contributed by atoms with Crippen LogP contribution in [0.2, 0.25) is 0 Å². The molecular weight excluding hydrogens is 325 g/mol. The highest BCUT2D eigenvalue weighted by Gasteiger charge is 2.27. The minimum Gasteiger partial charge on any atom is -0.480 e. The molecule has 0 aliphatic carbocycles. The summed E-state index contributed by atoms with van der Waals surface area (Å²) >= 11 is 0. The van der Waals surface area contributed by atoms with Gasteiger partial charge in [-0.25, -0.2) is 17.6 Å². The molecule has 0 saturated heterocycles. The zero-order valence-electron chi connectivity index (χ0n) is 13.0. The summed E-state index contributed by atoms with van der Waals surface area (Å²) in [5, 5.41) is 10.2. The second-order valence-electron chi connectivity index (χ2n) is 5.26. The summed E-state index contributed by atoms with van der Waals surface area (Å²) < 4.78 is 37.5. The summed E-state index contributed by atoms with van der Waals surface area (Å²) in [4.78, 5) is 22.8. The van der Waals surface area contributed by atoms with Crippen molar-refractivity contribution in [2.75, 3.05) is 0 Å². The van der Waals surface area contributed by atoms with Gasteiger partial charge >= 0.3 is 5.97 Å². The summed E-state index contributed by atoms with van der Waals surface area (Å²) in [5.41, 5.74) is 0. The molecule has 0 radical (unpaired) electrons. The number of carboxylic acids is 1. The van der Waals surface area contributed by atoms with Crippen LogP contribution in [0.4, 0.5) is 4.39 Å². The first-order valence-electron chi connectivity index (χ1n) is 7.20. The lowest BCUT2D eigenvalue weighted by Crippen LogP contribution is -2.42. The van der Waals surface area contributed by atoms with Gasteiger partial charge in [-0.05, 0) is 37.6 Å². The highest BCUT2D eigenvalue weighted by atomic mass is 32.2. The third kappa shape index (κ3) is 5.31. The molecule has 0 bridgehead atoms. The molecule has 0 saturated carbocycles. The van der Waals surface area contributed by atoms with Crippen LogP contribution in [-0.2, 0) is 19.4 Å². The summed E-state index contributed by atoms with van der Waals surface area (Å²) in [6.45, 7) is 3.14. The molecule has 128 valence electrons. The molecule has 0 aliphatic rings. The van der Waals surface area contributed by atoms with Gasteiger partial charge in [-0.3, -0.25) is 4.79 Å². The number of benzene rings is 1. The maximum absolute atomic E-state index is 12.9. The van der Waals surface area contributed by atoms with Crippen molar-refractivity contribution in [3.8, 4) is 0 Å². The standard InChI is InChI=1S/C15H20FNO5S/c1-3-4-13(15(19)20)17-14(18)9-10(2)23(21,22)12-7-5-11(16)6-8-12/h5-8,10,13H,3-4,9H2,1-2H3,(H,17,18)(H,19,20). The topological polar surface area (TPSA) is 101 Å². The van der Waals surface area contributed by atoms with Gasteiger partial charge in [0.25, 0.3) is 0 Å². The molecule has 0 heterocycles. The minimum absolute atomic E-state index is 0.0810. The lowest BCUT2D eigenvalue weighted by molar-refractivity contribution is -0.142. The van der Waals surface area contributed by atoms with E-state index in [0.717, 1.165) is 24.3 Å². The number of rotatable bonds is 8. The van der Waals surface area contributed by atoms with E-state index in [9.17, 15) is 22.4 Å². The maximum atomic E-state index is 12.9. The van der Waals surface area contributed by atoms with E-state index in [2.05, 4.69) is 5.32 Å². The van der Waals surface area contributed by atoms with Crippen molar-refractivity contribution in [3.63, 3.8) is 0 Å². The maximum Gasteiger partial charge on any atom is 0.326 e. The molecule has 2 N–H and O–H groups in total. The summed E-state index contributed by atoms with van der Waals surface area (Å²) in [6.07, 6.45) is 0.466. The molecule has 8 heteroatoms. The van der Waals surface area contributed by atoms with E-state index in [-0.39, 0.29) is 17.7 Å². The number of carbonyl (C=O) groups excluding carboxylic acids is 1. The molecule has 0 spiro atoms. The predicted molar refractivity (Wildman–Crippen MR) is 82.1 cm³/mol. The molecule has 6 nitrogen and oxygen atoms in total. The normalized spacial score (nSPS) is 14.0. The van der Waals surface area contributed by atoms with Crippen LogP contribution in [0, 0.1) is 5.82 Å². The average Bonchev–Trinajstić information content (AvgIpc) is 2.47. The molecule has 1 aromatic rings. The van der Waals surface area contributed by atoms with Gasteiger partial charge in [0.05, 0.1) is 10.1 Å². The molecule has 0 aromatic heterocycles. The number of carboxylic acid groups (broad SMARTS) is 1. The van der Waals surface area contributed by atoms with E-state index in [1.54, 1.807) is 6.92 Å². The third-order valence-electron chi connectivity index (χ3n) is 3.36. The van der Waals surface area contributed by atoms with Gasteiger partial charge in [-0.1, -0.05) is 13.3 Å². The Morgan fingerprint density at radius 3 is 2.30 bits per heavy atom. The van der Waals surface area contributed by atoms with E-state index in [0.29, 0.717) is 6.42 Å². The highest BCUT2D eigenvalue weighted by molar-refractivity contribution is 7.92. The van der Waals surface area contributed by atoms with Crippen molar-refractivity contribution in [2.45, 2.75) is 49.3 Å². The number of aliphatic carboxylic acids is 1. The van der Waals surface area contributed by atoms with Crippen LogP contribution in [0.5, 0.6) is 0 Å². The Labute approximate surface area is 134 Å². The van der Waals surface area contributed by atoms with Crippen LogP contribution in [0.25, 0.3) is 0 Å². The van der Waals surface area contributed by atoms with E-state index in [1.807, 2.05) is 0 Å². The van der Waals surface area contributed by atoms with Gasteiger partial charge in [0, 0.05) is 6.42 Å². The van der Waals surface area contributed by atoms with Gasteiger partial charge in [0.15, 0.2) is 9.84 Å². The van der Waals surface area contributed by atoms with Gasteiger partial charge in [0.1, 0.15) is 11.9 Å². The van der Waals surface area contributed by atoms with Crippen molar-refractivity contribution >= 4 is 21.7 Å². The predicted octanol–water partition coefficient (Wildman–Crippen LogP) is 1.75. The Hall–Kier alpha value is -1.96. The number of nitrogens with one attached hydrogen (secondary N) is 1. The van der Waals surface area contributed by atoms with E-state index in [1.165, 1.54) is 6.92 Å². The Balaban J connectivity index is 2.77. The lowest BCUT2D eigenvalue weighted by Gasteiger charge is -2.16. The van der Waals surface area contributed by atoms with Crippen molar-refractivity contribution in [1.82, 2.24) is 5.32 Å². The molecule has 2 atom stereocenters. The van der Waals surface area contributed by atoms with Crippen molar-refractivity contribution < 1.29 is 27.5 Å². The Kier molecular flexibility index (Phi) is 6.68. The molecular formula is C15H20FNO5S. The first-order valence-corrected chi connectivity index (χ1v) is 8.74. The molecule has 1 aromatic carbocycles. The number of hydrogen-bond donors (Lipinski definition) is 2. The van der Waals surface area contributed by atoms with Crippen LogP contribution in [0.3, 0.4) is 0 Å². The zero-order valence-corrected chi connectivity index (χ0v) is 13.8. The van der Waals surface area contributed by atoms with Crippen molar-refractivity contribution in [2.24, 2.45) is 0 Å². The van der Waals surface area contributed by atoms with E-state index in [4.69, 9.17) is 5.11 Å². The van der Waals surface area contributed by atoms with Gasteiger partial charge in [-0.15, -0.1) is 0 Å². The fourth-order valence-corrected chi connectivity index (χ4v) is 3.38. The number of halogens is 1. The quantitative estimate of drug-likeness (QED) is 0.699. The third-order valence-corrected chi connectivity index (χ3v) is 5.51. The van der Waals surface area contributed by atoms with Gasteiger partial charge < -0.3 is 10.4 Å². The summed E-state index contributed by atoms with van der Waals surface area (Å²) in [7, 11) is -3.79. The minimum atomic E-state index is -3.79. The van der Waals surface area contributed by atoms with Crippen LogP contribution in [0.1, 0.15) is 33.1 Å². The average molecular weight is 345 g/mol. The van der Waals surface area contributed by atoms with E-state index >= 15 is 0 Å². The second-order valence-corrected chi connectivity index (χ2v) is 7.63. The monoisotopic (exact) mass is 345 g/mol. The lowest BCUT2D eigenvalue weighted by atomic mass is 10.1. The van der Waals surface area contributed by atoms with Crippen molar-refractivity contribution in [1.29, 1.82) is 0 Å². The highest BCUT2D eigenvalue weighted by Crippen LogP contribution is 2.18. The summed E-state index contributed by atoms with van der Waals surface area (Å²) in [5.74, 6) is -2.36. The second kappa shape index (κ2) is 8.05. The van der Waals surface area contributed by atoms with Crippen LogP contribution >= 0.6 is 0 Å². The first-order chi connectivity index (χ1) is 10.7. The van der Waals surface area contributed by atoms with Gasteiger partial charge in [-0.2, -0.15) is 0 Å². The summed E-state index contributed by atoms with van der Waals surface area (Å²) in [6, 6.07) is 3.29. The number of sulfone groups is 1. The molecule has 1 rings (SSSR count). The fraction of sp³-hybridized carbons (Fsp3) is 0.467. The molecule has 1 amide bonds. The smallest absolute Gasteiger partial charge is 0.326 e. The zero-order chi connectivity index (χ0) is 17.6. The first kappa shape index (κ1) is 19.1. The molecule has 23 heavy (non-hydrogen) atoms. The van der Waals surface area contributed by atoms with Gasteiger partial charge in [0.2, 0.25) is 5.91 Å². The van der Waals surface area contributed by atoms with Crippen LogP contribution in [0.15, 0.2) is 29.2 Å².